The van der Waals surface area contributed by atoms with Crippen LogP contribution >= 0.6 is 0 Å². The van der Waals surface area contributed by atoms with Gasteiger partial charge in [0.1, 0.15) is 0 Å². The minimum absolute atomic E-state index is 0.139. The van der Waals surface area contributed by atoms with Gasteiger partial charge in [-0.2, -0.15) is 0 Å². The monoisotopic (exact) mass is 172 g/mol. The molecule has 0 spiro atoms. The second kappa shape index (κ2) is 3.44. The summed E-state index contributed by atoms with van der Waals surface area (Å²) in [7, 11) is 1.65. The largest absolute Gasteiger partial charge is 0.481 e. The van der Waals surface area contributed by atoms with Crippen LogP contribution in [0.2, 0.25) is 0 Å². The van der Waals surface area contributed by atoms with E-state index in [0.717, 1.165) is 19.3 Å². The smallest absolute Gasteiger partial charge is 0.309 e. The summed E-state index contributed by atoms with van der Waals surface area (Å²) < 4.78 is 5.17. The second-order valence-corrected chi connectivity index (χ2v) is 3.82. The highest BCUT2D eigenvalue weighted by molar-refractivity contribution is 5.74. The van der Waals surface area contributed by atoms with Crippen LogP contribution in [0.1, 0.15) is 32.6 Å². The summed E-state index contributed by atoms with van der Waals surface area (Å²) in [6, 6.07) is 0. The zero-order valence-electron chi connectivity index (χ0n) is 7.67. The summed E-state index contributed by atoms with van der Waals surface area (Å²) in [5, 5.41) is 8.96. The van der Waals surface area contributed by atoms with Crippen LogP contribution in [0.15, 0.2) is 0 Å². The summed E-state index contributed by atoms with van der Waals surface area (Å²) >= 11 is 0. The molecule has 0 aliphatic heterocycles. The molecule has 1 saturated carbocycles. The Morgan fingerprint density at radius 3 is 2.83 bits per heavy atom. The normalized spacial score (nSPS) is 36.3. The van der Waals surface area contributed by atoms with Gasteiger partial charge >= 0.3 is 5.97 Å². The number of rotatable bonds is 2. The first-order valence-electron chi connectivity index (χ1n) is 4.35. The van der Waals surface area contributed by atoms with E-state index in [1.54, 1.807) is 14.0 Å². The van der Waals surface area contributed by atoms with E-state index in [9.17, 15) is 4.79 Å². The van der Waals surface area contributed by atoms with Crippen LogP contribution in [0, 0.1) is 5.41 Å². The van der Waals surface area contributed by atoms with Gasteiger partial charge in [-0.3, -0.25) is 4.79 Å². The first-order chi connectivity index (χ1) is 5.58. The fourth-order valence-electron chi connectivity index (χ4n) is 1.82. The lowest BCUT2D eigenvalue weighted by atomic mass is 9.74. The molecule has 1 fully saturated rings. The van der Waals surface area contributed by atoms with Gasteiger partial charge in [0, 0.05) is 7.11 Å². The molecule has 0 aromatic rings. The first-order valence-corrected chi connectivity index (χ1v) is 4.35. The third-order valence-electron chi connectivity index (χ3n) is 2.78. The Bertz CT molecular complexity index is 179. The molecule has 1 aliphatic carbocycles. The molecule has 0 radical (unpaired) electrons. The van der Waals surface area contributed by atoms with Crippen LogP contribution in [-0.4, -0.2) is 24.3 Å². The lowest BCUT2D eigenvalue weighted by molar-refractivity contribution is -0.152. The Balaban J connectivity index is 2.61. The fraction of sp³-hybridized carbons (Fsp3) is 0.889. The van der Waals surface area contributed by atoms with E-state index in [2.05, 4.69) is 0 Å². The summed E-state index contributed by atoms with van der Waals surface area (Å²) in [6.07, 6.45) is 3.53. The quantitative estimate of drug-likeness (QED) is 0.689. The van der Waals surface area contributed by atoms with Crippen LogP contribution in [0.25, 0.3) is 0 Å². The third-order valence-corrected chi connectivity index (χ3v) is 2.78. The lowest BCUT2D eigenvalue weighted by Gasteiger charge is -2.33. The van der Waals surface area contributed by atoms with E-state index in [0.29, 0.717) is 6.42 Å². The number of carboxylic acids is 1. The maximum absolute atomic E-state index is 10.9. The van der Waals surface area contributed by atoms with Gasteiger partial charge in [-0.05, 0) is 32.6 Å². The number of ether oxygens (including phenoxy) is 1. The average molecular weight is 172 g/mol. The van der Waals surface area contributed by atoms with Crippen molar-refractivity contribution in [3.63, 3.8) is 0 Å². The summed E-state index contributed by atoms with van der Waals surface area (Å²) in [4.78, 5) is 10.9. The minimum Gasteiger partial charge on any atom is -0.481 e. The van der Waals surface area contributed by atoms with Crippen LogP contribution in [0.3, 0.4) is 0 Å². The van der Waals surface area contributed by atoms with Crippen molar-refractivity contribution in [2.75, 3.05) is 7.11 Å². The molecule has 0 aromatic carbocycles. The average Bonchev–Trinajstić information content (AvgIpc) is 2.04. The Morgan fingerprint density at radius 2 is 2.33 bits per heavy atom. The highest BCUT2D eigenvalue weighted by Crippen LogP contribution is 2.36. The fourth-order valence-corrected chi connectivity index (χ4v) is 1.82. The van der Waals surface area contributed by atoms with Crippen molar-refractivity contribution in [1.29, 1.82) is 0 Å². The summed E-state index contributed by atoms with van der Waals surface area (Å²) in [6.45, 7) is 1.81. The van der Waals surface area contributed by atoms with Crippen molar-refractivity contribution in [2.45, 2.75) is 38.7 Å². The molecule has 0 heterocycles. The minimum atomic E-state index is -0.691. The van der Waals surface area contributed by atoms with Crippen molar-refractivity contribution in [2.24, 2.45) is 5.41 Å². The Hall–Kier alpha value is -0.570. The molecule has 2 atom stereocenters. The van der Waals surface area contributed by atoms with E-state index >= 15 is 0 Å². The molecule has 0 unspecified atom stereocenters. The molecule has 0 amide bonds. The van der Waals surface area contributed by atoms with E-state index < -0.39 is 11.4 Å². The van der Waals surface area contributed by atoms with Crippen LogP contribution in [-0.2, 0) is 9.53 Å². The van der Waals surface area contributed by atoms with Gasteiger partial charge in [-0.1, -0.05) is 0 Å². The number of methoxy groups -OCH3 is 1. The molecule has 0 saturated heterocycles. The number of hydrogen-bond acceptors (Lipinski definition) is 2. The molecular weight excluding hydrogens is 156 g/mol. The summed E-state index contributed by atoms with van der Waals surface area (Å²) in [5.74, 6) is -0.691. The number of carboxylic acid groups (broad SMARTS) is 1. The predicted octanol–water partition coefficient (Wildman–Crippen LogP) is 1.67. The van der Waals surface area contributed by atoms with Crippen molar-refractivity contribution < 1.29 is 14.6 Å². The lowest BCUT2D eigenvalue weighted by Crippen LogP contribution is -2.36. The van der Waals surface area contributed by atoms with Gasteiger partial charge in [0.15, 0.2) is 0 Å². The Morgan fingerprint density at radius 1 is 1.67 bits per heavy atom. The van der Waals surface area contributed by atoms with Crippen LogP contribution in [0.4, 0.5) is 0 Å². The highest BCUT2D eigenvalue weighted by atomic mass is 16.5. The standard InChI is InChI=1S/C9H16O3/c1-9(8(10)11)5-3-4-7(6-9)12-2/h7H,3-6H2,1-2H3,(H,10,11)/t7-,9-/m1/s1. The van der Waals surface area contributed by atoms with Gasteiger partial charge in [0.05, 0.1) is 11.5 Å². The first kappa shape index (κ1) is 9.52. The van der Waals surface area contributed by atoms with E-state index in [4.69, 9.17) is 9.84 Å². The second-order valence-electron chi connectivity index (χ2n) is 3.82. The molecule has 1 rings (SSSR count). The van der Waals surface area contributed by atoms with Crippen molar-refractivity contribution in [3.05, 3.63) is 0 Å². The van der Waals surface area contributed by atoms with E-state index in [1.807, 2.05) is 0 Å². The molecule has 1 aliphatic rings. The van der Waals surface area contributed by atoms with Crippen molar-refractivity contribution in [3.8, 4) is 0 Å². The maximum atomic E-state index is 10.9. The Kier molecular flexibility index (Phi) is 2.73. The van der Waals surface area contributed by atoms with Crippen LogP contribution < -0.4 is 0 Å². The number of carbonyl (C=O) groups is 1. The van der Waals surface area contributed by atoms with Gasteiger partial charge in [0.2, 0.25) is 0 Å². The third kappa shape index (κ3) is 1.78. The maximum Gasteiger partial charge on any atom is 0.309 e. The SMILES string of the molecule is CO[C@@H]1CCC[C@@](C)(C(=O)O)C1. The molecule has 0 bridgehead atoms. The Labute approximate surface area is 72.7 Å². The van der Waals surface area contributed by atoms with E-state index in [1.165, 1.54) is 0 Å². The van der Waals surface area contributed by atoms with Gasteiger partial charge in [-0.15, -0.1) is 0 Å². The molecule has 70 valence electrons. The predicted molar refractivity (Wildman–Crippen MR) is 45.0 cm³/mol. The topological polar surface area (TPSA) is 46.5 Å². The highest BCUT2D eigenvalue weighted by Gasteiger charge is 2.38. The molecule has 0 aromatic heterocycles. The molecule has 3 nitrogen and oxygen atoms in total. The summed E-state index contributed by atoms with van der Waals surface area (Å²) in [5.41, 5.74) is -0.557. The zero-order chi connectivity index (χ0) is 9.19. The van der Waals surface area contributed by atoms with Gasteiger partial charge < -0.3 is 9.84 Å². The van der Waals surface area contributed by atoms with Crippen LogP contribution in [0.5, 0.6) is 0 Å². The van der Waals surface area contributed by atoms with E-state index in [-0.39, 0.29) is 6.10 Å². The molecule has 3 heteroatoms. The van der Waals surface area contributed by atoms with Gasteiger partial charge in [0.25, 0.3) is 0 Å². The van der Waals surface area contributed by atoms with Gasteiger partial charge in [-0.25, -0.2) is 0 Å². The molecule has 12 heavy (non-hydrogen) atoms. The number of hydrogen-bond donors (Lipinski definition) is 1. The van der Waals surface area contributed by atoms with Crippen molar-refractivity contribution in [1.82, 2.24) is 0 Å². The molecular formula is C9H16O3. The zero-order valence-corrected chi connectivity index (χ0v) is 7.67. The molecule has 1 N–H and O–H groups in total. The van der Waals surface area contributed by atoms with Crippen molar-refractivity contribution >= 4 is 5.97 Å². The number of aliphatic carboxylic acids is 1.